The van der Waals surface area contributed by atoms with Gasteiger partial charge in [-0.25, -0.2) is 4.79 Å². The third-order valence-corrected chi connectivity index (χ3v) is 4.85. The van der Waals surface area contributed by atoms with E-state index < -0.39 is 11.8 Å². The third kappa shape index (κ3) is 6.33. The maximum atomic E-state index is 11.6. The predicted octanol–water partition coefficient (Wildman–Crippen LogP) is 3.17. The highest BCUT2D eigenvalue weighted by Gasteiger charge is 2.41. The largest absolute Gasteiger partial charge is 0.493 e. The second kappa shape index (κ2) is 11.0. The Morgan fingerprint density at radius 3 is 2.45 bits per heavy atom. The van der Waals surface area contributed by atoms with Crippen LogP contribution in [0.2, 0.25) is 0 Å². The van der Waals surface area contributed by atoms with Crippen molar-refractivity contribution in [3.05, 3.63) is 23.8 Å². The first kappa shape index (κ1) is 23.0. The number of unbranched alkanes of at least 4 members (excludes halogenated alkanes) is 1. The molecule has 0 bridgehead atoms. The Morgan fingerprint density at radius 1 is 1.14 bits per heavy atom. The number of rotatable bonds is 10. The molecule has 1 aromatic rings. The molecule has 162 valence electrons. The Hall–Kier alpha value is -2.32. The first-order chi connectivity index (χ1) is 13.9. The van der Waals surface area contributed by atoms with Crippen molar-refractivity contribution in [1.82, 2.24) is 0 Å². The fourth-order valence-electron chi connectivity index (χ4n) is 2.97. The fourth-order valence-corrected chi connectivity index (χ4v) is 2.97. The monoisotopic (exact) mass is 409 g/mol. The Bertz CT molecular complexity index is 696. The Morgan fingerprint density at radius 2 is 1.83 bits per heavy atom. The van der Waals surface area contributed by atoms with Gasteiger partial charge in [-0.05, 0) is 44.4 Å². The maximum absolute atomic E-state index is 11.6. The molecule has 0 spiro atoms. The van der Waals surface area contributed by atoms with Crippen LogP contribution in [0.3, 0.4) is 0 Å². The topological polar surface area (TPSA) is 84.8 Å². The van der Waals surface area contributed by atoms with Crippen LogP contribution in [0.5, 0.6) is 11.5 Å². The summed E-state index contributed by atoms with van der Waals surface area (Å²) in [5.74, 6) is -0.214. The normalized spacial score (nSPS) is 22.1. The van der Waals surface area contributed by atoms with Gasteiger partial charge < -0.3 is 28.5 Å². The minimum Gasteiger partial charge on any atom is -0.493 e. The van der Waals surface area contributed by atoms with Gasteiger partial charge in [0.15, 0.2) is 11.5 Å². The van der Waals surface area contributed by atoms with E-state index in [0.29, 0.717) is 31.3 Å². The summed E-state index contributed by atoms with van der Waals surface area (Å²) in [6, 6.07) is 5.62. The zero-order valence-corrected chi connectivity index (χ0v) is 17.9. The average Bonchev–Trinajstić information content (AvgIpc) is 2.76. The Kier molecular flexibility index (Phi) is 8.72. The highest BCUT2D eigenvalue weighted by Crippen LogP contribution is 2.28. The number of hydrogen-bond donors (Lipinski definition) is 0. The van der Waals surface area contributed by atoms with E-state index in [1.807, 2.05) is 25.1 Å². The number of benzene rings is 1. The van der Waals surface area contributed by atoms with Gasteiger partial charge in [0.1, 0.15) is 6.61 Å². The van der Waals surface area contributed by atoms with Crippen molar-refractivity contribution in [3.63, 3.8) is 0 Å². The number of ether oxygens (including phenoxy) is 5. The van der Waals surface area contributed by atoms with E-state index in [4.69, 9.17) is 28.5 Å². The molecule has 0 aliphatic carbocycles. The van der Waals surface area contributed by atoms with Crippen LogP contribution in [-0.4, -0.2) is 58.6 Å². The van der Waals surface area contributed by atoms with Crippen LogP contribution in [0.25, 0.3) is 0 Å². The van der Waals surface area contributed by atoms with Gasteiger partial charge in [0, 0.05) is 18.4 Å². The first-order valence-corrected chi connectivity index (χ1v) is 9.68. The summed E-state index contributed by atoms with van der Waals surface area (Å²) in [5, 5.41) is 4.18. The molecule has 0 atom stereocenters. The molecule has 0 radical (unpaired) electrons. The molecule has 1 heterocycles. The van der Waals surface area contributed by atoms with E-state index >= 15 is 0 Å². The number of carbonyl (C=O) groups is 1. The zero-order chi connectivity index (χ0) is 21.3. The minimum absolute atomic E-state index is 0.254. The number of oxime groups is 1. The lowest BCUT2D eigenvalue weighted by atomic mass is 10.0. The predicted molar refractivity (Wildman–Crippen MR) is 107 cm³/mol. The Labute approximate surface area is 172 Å². The molecule has 1 aliphatic rings. The summed E-state index contributed by atoms with van der Waals surface area (Å²) >= 11 is 0. The molecule has 2 rings (SSSR count). The summed E-state index contributed by atoms with van der Waals surface area (Å²) in [5.41, 5.74) is 1.68. The molecular formula is C21H31NO7. The van der Waals surface area contributed by atoms with Crippen molar-refractivity contribution < 1.29 is 33.3 Å². The van der Waals surface area contributed by atoms with Crippen molar-refractivity contribution in [2.24, 2.45) is 11.1 Å². The van der Waals surface area contributed by atoms with E-state index in [2.05, 4.69) is 5.16 Å². The number of esters is 1. The lowest BCUT2D eigenvalue weighted by molar-refractivity contribution is -0.272. The van der Waals surface area contributed by atoms with E-state index in [-0.39, 0.29) is 5.92 Å². The smallest absolute Gasteiger partial charge is 0.366 e. The van der Waals surface area contributed by atoms with Crippen LogP contribution in [-0.2, 0) is 23.8 Å². The van der Waals surface area contributed by atoms with Crippen LogP contribution in [0.15, 0.2) is 23.4 Å². The molecule has 8 nitrogen and oxygen atoms in total. The van der Waals surface area contributed by atoms with E-state index in [9.17, 15) is 4.79 Å². The average molecular weight is 409 g/mol. The highest BCUT2D eigenvalue weighted by atomic mass is 16.7. The van der Waals surface area contributed by atoms with Crippen molar-refractivity contribution in [2.75, 3.05) is 41.2 Å². The molecule has 0 aromatic heterocycles. The van der Waals surface area contributed by atoms with Crippen molar-refractivity contribution in [2.45, 2.75) is 38.9 Å². The quantitative estimate of drug-likeness (QED) is 0.254. The number of nitrogens with zero attached hydrogens (tertiary/aromatic N) is 1. The van der Waals surface area contributed by atoms with Gasteiger partial charge in [0.25, 0.3) is 5.79 Å². The maximum Gasteiger partial charge on any atom is 0.366 e. The van der Waals surface area contributed by atoms with Crippen LogP contribution in [0.1, 0.15) is 38.7 Å². The van der Waals surface area contributed by atoms with Gasteiger partial charge in [0.05, 0.1) is 40.3 Å². The molecule has 1 fully saturated rings. The van der Waals surface area contributed by atoms with E-state index in [1.54, 1.807) is 21.1 Å². The van der Waals surface area contributed by atoms with Gasteiger partial charge >= 0.3 is 5.97 Å². The second-order valence-corrected chi connectivity index (χ2v) is 7.00. The Balaban J connectivity index is 1.68. The fraction of sp³-hybridized carbons (Fsp3) is 0.619. The molecule has 0 unspecified atom stereocenters. The molecule has 8 heteroatoms. The van der Waals surface area contributed by atoms with Gasteiger partial charge in [-0.15, -0.1) is 0 Å². The summed E-state index contributed by atoms with van der Waals surface area (Å²) in [6.45, 7) is 4.95. The second-order valence-electron chi connectivity index (χ2n) is 7.00. The summed E-state index contributed by atoms with van der Waals surface area (Å²) < 4.78 is 26.4. The van der Waals surface area contributed by atoms with E-state index in [0.717, 1.165) is 30.5 Å². The number of carbonyl (C=O) groups excluding carboxylic acids is 1. The first-order valence-electron chi connectivity index (χ1n) is 9.68. The lowest BCUT2D eigenvalue weighted by Crippen LogP contribution is -2.48. The van der Waals surface area contributed by atoms with Gasteiger partial charge in [0.2, 0.25) is 0 Å². The molecular weight excluding hydrogens is 378 g/mol. The van der Waals surface area contributed by atoms with Crippen LogP contribution in [0.4, 0.5) is 0 Å². The number of methoxy groups -OCH3 is 3. The van der Waals surface area contributed by atoms with E-state index in [1.165, 1.54) is 7.11 Å². The standard InChI is InChI=1S/C21H31NO7/c1-15(17-9-10-18(24-3)19(12-17)25-4)22-29-11-7-6-8-16-13-27-21(2,28-14-16)20(23)26-5/h9-10,12,16H,6-8,11,13-14H2,1-5H3/b22-15-. The van der Waals surface area contributed by atoms with Crippen LogP contribution < -0.4 is 9.47 Å². The van der Waals surface area contributed by atoms with Gasteiger partial charge in [-0.1, -0.05) is 5.16 Å². The minimum atomic E-state index is -1.29. The van der Waals surface area contributed by atoms with Gasteiger partial charge in [-0.3, -0.25) is 0 Å². The summed E-state index contributed by atoms with van der Waals surface area (Å²) in [7, 11) is 4.52. The summed E-state index contributed by atoms with van der Waals surface area (Å²) in [6.07, 6.45) is 2.75. The van der Waals surface area contributed by atoms with Crippen LogP contribution >= 0.6 is 0 Å². The summed E-state index contributed by atoms with van der Waals surface area (Å²) in [4.78, 5) is 17.1. The molecule has 0 saturated carbocycles. The SMILES string of the molecule is COC(=O)C1(C)OCC(CCCCO/N=C(/C)c2ccc(OC)c(OC)c2)CO1. The molecule has 0 amide bonds. The van der Waals surface area contributed by atoms with Crippen molar-refractivity contribution in [3.8, 4) is 11.5 Å². The molecule has 1 aromatic carbocycles. The zero-order valence-electron chi connectivity index (χ0n) is 17.9. The number of hydrogen-bond acceptors (Lipinski definition) is 8. The van der Waals surface area contributed by atoms with Crippen LogP contribution in [0, 0.1) is 5.92 Å². The lowest BCUT2D eigenvalue weighted by Gasteiger charge is -2.35. The molecule has 0 N–H and O–H groups in total. The van der Waals surface area contributed by atoms with Crippen molar-refractivity contribution >= 4 is 11.7 Å². The highest BCUT2D eigenvalue weighted by molar-refractivity contribution is 5.98. The molecule has 29 heavy (non-hydrogen) atoms. The van der Waals surface area contributed by atoms with Crippen molar-refractivity contribution in [1.29, 1.82) is 0 Å². The third-order valence-electron chi connectivity index (χ3n) is 4.85. The molecule has 1 aliphatic heterocycles. The van der Waals surface area contributed by atoms with Gasteiger partial charge in [-0.2, -0.15) is 0 Å². The molecule has 1 saturated heterocycles.